The quantitative estimate of drug-likeness (QED) is 0.455. The number of nitrogens with zero attached hydrogens (tertiary/aromatic N) is 1. The Bertz CT molecular complexity index is 904. The Hall–Kier alpha value is -2.22. The highest BCUT2D eigenvalue weighted by atomic mass is 32.1. The van der Waals surface area contributed by atoms with Crippen LogP contribution in [0, 0.1) is 0 Å². The van der Waals surface area contributed by atoms with E-state index in [9.17, 15) is 4.79 Å². The average molecular weight is 416 g/mol. The van der Waals surface area contributed by atoms with Gasteiger partial charge >= 0.3 is 0 Å². The number of unbranched alkanes of at least 4 members (excludes halogenated alkanes) is 1. The number of carbonyl (C=O) groups is 1. The number of para-hydroxylation sites is 1. The van der Waals surface area contributed by atoms with Crippen molar-refractivity contribution >= 4 is 39.4 Å². The van der Waals surface area contributed by atoms with Gasteiger partial charge in [-0.25, -0.2) is 4.98 Å². The number of anilines is 2. The first-order valence-electron chi connectivity index (χ1n) is 9.35. The lowest BCUT2D eigenvalue weighted by Gasteiger charge is -2.11. The molecule has 3 aromatic rings. The Balaban J connectivity index is 1.57. The molecule has 0 aliphatic rings. The van der Waals surface area contributed by atoms with Gasteiger partial charge in [-0.1, -0.05) is 42.9 Å². The maximum atomic E-state index is 12.5. The monoisotopic (exact) mass is 415 g/mol. The standard InChI is InChI=1S/C21H25N3O2S2/c1-3-4-7-15-8-5-6-9-18(15)22-12-16-10-11-19(27-16)20(25)24-21-23-13-17(28-21)14-26-2/h5-6,8-11,13,22H,3-4,7,12,14H2,1-2H3,(H,23,24,25). The number of thiazole rings is 1. The fourth-order valence-corrected chi connectivity index (χ4v) is 4.41. The molecule has 3 rings (SSSR count). The number of aryl methyl sites for hydroxylation is 1. The molecule has 148 valence electrons. The van der Waals surface area contributed by atoms with Crippen molar-refractivity contribution in [1.29, 1.82) is 0 Å². The predicted octanol–water partition coefficient (Wildman–Crippen LogP) is 5.56. The molecule has 2 heterocycles. The second-order valence-corrected chi connectivity index (χ2v) is 8.68. The molecule has 0 unspecified atom stereocenters. The van der Waals surface area contributed by atoms with E-state index in [4.69, 9.17) is 4.74 Å². The normalized spacial score (nSPS) is 10.8. The molecule has 0 saturated heterocycles. The number of benzene rings is 1. The van der Waals surface area contributed by atoms with E-state index in [2.05, 4.69) is 46.8 Å². The molecule has 0 aliphatic carbocycles. The van der Waals surface area contributed by atoms with Gasteiger partial charge in [0.2, 0.25) is 0 Å². The van der Waals surface area contributed by atoms with E-state index in [1.54, 1.807) is 13.3 Å². The fraction of sp³-hybridized carbons (Fsp3) is 0.333. The average Bonchev–Trinajstić information content (AvgIpc) is 3.35. The Morgan fingerprint density at radius 1 is 1.14 bits per heavy atom. The number of thiophene rings is 1. The van der Waals surface area contributed by atoms with Crippen LogP contribution in [-0.4, -0.2) is 18.0 Å². The lowest BCUT2D eigenvalue weighted by atomic mass is 10.1. The van der Waals surface area contributed by atoms with Gasteiger partial charge in [-0.15, -0.1) is 11.3 Å². The van der Waals surface area contributed by atoms with E-state index in [1.165, 1.54) is 46.8 Å². The second-order valence-electron chi connectivity index (χ2n) is 6.40. The zero-order valence-electron chi connectivity index (χ0n) is 16.2. The van der Waals surface area contributed by atoms with Crippen LogP contribution in [0.15, 0.2) is 42.6 Å². The Morgan fingerprint density at radius 2 is 2.00 bits per heavy atom. The molecular formula is C21H25N3O2S2. The molecule has 0 bridgehead atoms. The van der Waals surface area contributed by atoms with Gasteiger partial charge in [0.1, 0.15) is 0 Å². The minimum atomic E-state index is -0.127. The van der Waals surface area contributed by atoms with Crippen LogP contribution in [0.4, 0.5) is 10.8 Å². The van der Waals surface area contributed by atoms with Crippen LogP contribution in [0.25, 0.3) is 0 Å². The zero-order valence-corrected chi connectivity index (χ0v) is 17.8. The van der Waals surface area contributed by atoms with Crippen molar-refractivity contribution < 1.29 is 9.53 Å². The lowest BCUT2D eigenvalue weighted by molar-refractivity contribution is 0.103. The van der Waals surface area contributed by atoms with Gasteiger partial charge < -0.3 is 10.1 Å². The van der Waals surface area contributed by atoms with Crippen molar-refractivity contribution in [3.8, 4) is 0 Å². The molecular weight excluding hydrogens is 390 g/mol. The molecule has 7 heteroatoms. The highest BCUT2D eigenvalue weighted by molar-refractivity contribution is 7.16. The maximum Gasteiger partial charge on any atom is 0.267 e. The highest BCUT2D eigenvalue weighted by Crippen LogP contribution is 2.24. The van der Waals surface area contributed by atoms with Gasteiger partial charge in [0, 0.05) is 30.4 Å². The lowest BCUT2D eigenvalue weighted by Crippen LogP contribution is -2.09. The largest absolute Gasteiger partial charge is 0.380 e. The highest BCUT2D eigenvalue weighted by Gasteiger charge is 2.12. The first-order chi connectivity index (χ1) is 13.7. The van der Waals surface area contributed by atoms with E-state index in [-0.39, 0.29) is 5.91 Å². The minimum absolute atomic E-state index is 0.127. The number of nitrogens with one attached hydrogen (secondary N) is 2. The van der Waals surface area contributed by atoms with Crippen molar-refractivity contribution in [2.24, 2.45) is 0 Å². The Morgan fingerprint density at radius 3 is 2.82 bits per heavy atom. The Labute approximate surface area is 173 Å². The van der Waals surface area contributed by atoms with E-state index in [1.807, 2.05) is 12.1 Å². The van der Waals surface area contributed by atoms with Crippen LogP contribution in [0.1, 0.15) is 44.8 Å². The summed E-state index contributed by atoms with van der Waals surface area (Å²) < 4.78 is 5.08. The molecule has 2 aromatic heterocycles. The molecule has 2 N–H and O–H groups in total. The number of amides is 1. The van der Waals surface area contributed by atoms with Gasteiger partial charge in [-0.2, -0.15) is 0 Å². The SMILES string of the molecule is CCCCc1ccccc1NCc1ccc(C(=O)Nc2ncc(COC)s2)s1. The van der Waals surface area contributed by atoms with Gasteiger partial charge in [0.15, 0.2) is 5.13 Å². The van der Waals surface area contributed by atoms with Crippen LogP contribution in [0.3, 0.4) is 0 Å². The third-order valence-electron chi connectivity index (χ3n) is 4.22. The number of ether oxygens (including phenoxy) is 1. The van der Waals surface area contributed by atoms with Gasteiger partial charge in [0.05, 0.1) is 16.4 Å². The van der Waals surface area contributed by atoms with Crippen LogP contribution < -0.4 is 10.6 Å². The topological polar surface area (TPSA) is 63.2 Å². The van der Waals surface area contributed by atoms with Gasteiger partial charge in [-0.05, 0) is 36.6 Å². The van der Waals surface area contributed by atoms with E-state index < -0.39 is 0 Å². The summed E-state index contributed by atoms with van der Waals surface area (Å²) in [6, 6.07) is 12.3. The number of methoxy groups -OCH3 is 1. The van der Waals surface area contributed by atoms with Crippen LogP contribution in [-0.2, 0) is 24.3 Å². The molecule has 1 amide bonds. The molecule has 1 aromatic carbocycles. The van der Waals surface area contributed by atoms with Crippen molar-refractivity contribution in [3.05, 3.63) is 62.8 Å². The predicted molar refractivity (Wildman–Crippen MR) is 117 cm³/mol. The summed E-state index contributed by atoms with van der Waals surface area (Å²) in [5, 5.41) is 6.96. The third-order valence-corrected chi connectivity index (χ3v) is 6.19. The summed E-state index contributed by atoms with van der Waals surface area (Å²) >= 11 is 2.92. The van der Waals surface area contributed by atoms with Gasteiger partial charge in [0.25, 0.3) is 5.91 Å². The molecule has 0 aliphatic heterocycles. The molecule has 0 radical (unpaired) electrons. The Kier molecular flexibility index (Phi) is 7.59. The second kappa shape index (κ2) is 10.4. The number of hydrogen-bond acceptors (Lipinski definition) is 6. The molecule has 0 atom stereocenters. The minimum Gasteiger partial charge on any atom is -0.380 e. The number of carbonyl (C=O) groups excluding carboxylic acids is 1. The number of rotatable bonds is 10. The first-order valence-corrected chi connectivity index (χ1v) is 11.0. The van der Waals surface area contributed by atoms with Crippen LogP contribution >= 0.6 is 22.7 Å². The first kappa shape index (κ1) is 20.5. The summed E-state index contributed by atoms with van der Waals surface area (Å²) in [7, 11) is 1.64. The maximum absolute atomic E-state index is 12.5. The number of aromatic nitrogens is 1. The van der Waals surface area contributed by atoms with Crippen molar-refractivity contribution in [2.75, 3.05) is 17.7 Å². The van der Waals surface area contributed by atoms with Crippen molar-refractivity contribution in [2.45, 2.75) is 39.3 Å². The molecule has 0 fully saturated rings. The smallest absolute Gasteiger partial charge is 0.267 e. The third kappa shape index (κ3) is 5.64. The molecule has 28 heavy (non-hydrogen) atoms. The van der Waals surface area contributed by atoms with Crippen LogP contribution in [0.2, 0.25) is 0 Å². The van der Waals surface area contributed by atoms with E-state index >= 15 is 0 Å². The molecule has 5 nitrogen and oxygen atoms in total. The van der Waals surface area contributed by atoms with Crippen molar-refractivity contribution in [1.82, 2.24) is 4.98 Å². The summed E-state index contributed by atoms with van der Waals surface area (Å²) in [6.45, 7) is 3.41. The van der Waals surface area contributed by atoms with E-state index in [0.717, 1.165) is 16.2 Å². The van der Waals surface area contributed by atoms with E-state index in [0.29, 0.717) is 23.2 Å². The fourth-order valence-electron chi connectivity index (χ4n) is 2.79. The zero-order chi connectivity index (χ0) is 19.8. The molecule has 0 saturated carbocycles. The summed E-state index contributed by atoms with van der Waals surface area (Å²) in [5.74, 6) is -0.127. The summed E-state index contributed by atoms with van der Waals surface area (Å²) in [4.78, 5) is 19.5. The summed E-state index contributed by atoms with van der Waals surface area (Å²) in [6.07, 6.45) is 5.18. The number of hydrogen-bond donors (Lipinski definition) is 2. The van der Waals surface area contributed by atoms with Gasteiger partial charge in [-0.3, -0.25) is 10.1 Å². The van der Waals surface area contributed by atoms with Crippen molar-refractivity contribution in [3.63, 3.8) is 0 Å². The van der Waals surface area contributed by atoms with Crippen LogP contribution in [0.5, 0.6) is 0 Å². The summed E-state index contributed by atoms with van der Waals surface area (Å²) in [5.41, 5.74) is 2.51. The molecule has 0 spiro atoms.